The summed E-state index contributed by atoms with van der Waals surface area (Å²) in [7, 11) is 1.65. The molecule has 3 nitrogen and oxygen atoms in total. The Kier molecular flexibility index (Phi) is 5.68. The third kappa shape index (κ3) is 3.95. The fraction of sp³-hybridized carbons (Fsp3) is 0.276. The lowest BCUT2D eigenvalue weighted by Crippen LogP contribution is -2.55. The smallest absolute Gasteiger partial charge is 0.251 e. The summed E-state index contributed by atoms with van der Waals surface area (Å²) in [6.07, 6.45) is 4.38. The van der Waals surface area contributed by atoms with Crippen molar-refractivity contribution in [2.45, 2.75) is 45.1 Å². The average Bonchev–Trinajstić information content (AvgIpc) is 2.78. The second kappa shape index (κ2) is 8.31. The minimum absolute atomic E-state index is 0.00998. The van der Waals surface area contributed by atoms with Crippen LogP contribution in [0.4, 0.5) is 5.69 Å². The van der Waals surface area contributed by atoms with E-state index in [0.29, 0.717) is 0 Å². The number of nitrogens with zero attached hydrogens (tertiary/aromatic N) is 1. The van der Waals surface area contributed by atoms with Crippen LogP contribution in [-0.2, 0) is 10.2 Å². The van der Waals surface area contributed by atoms with Crippen molar-refractivity contribution < 1.29 is 9.53 Å². The normalized spacial score (nSPS) is 19.6. The standard InChI is InChI=1S/C29H31NO2/c1-21-10-15-23(16-11-21)29(4)20-28(2,3)30(26-9-7-6-8-25(26)29)27(31)19-14-22-12-17-24(32-5)18-13-22/h6-19H,20H2,1-5H3. The van der Waals surface area contributed by atoms with E-state index in [1.807, 2.05) is 41.3 Å². The first kappa shape index (κ1) is 21.9. The number of hydrogen-bond acceptors (Lipinski definition) is 2. The quantitative estimate of drug-likeness (QED) is 0.444. The van der Waals surface area contributed by atoms with Crippen LogP contribution in [0.3, 0.4) is 0 Å². The van der Waals surface area contributed by atoms with Crippen LogP contribution in [0.5, 0.6) is 5.75 Å². The lowest BCUT2D eigenvalue weighted by atomic mass is 9.65. The van der Waals surface area contributed by atoms with Gasteiger partial charge in [-0.2, -0.15) is 0 Å². The van der Waals surface area contributed by atoms with E-state index < -0.39 is 0 Å². The van der Waals surface area contributed by atoms with Gasteiger partial charge in [-0.3, -0.25) is 4.79 Å². The number of carbonyl (C=O) groups is 1. The maximum absolute atomic E-state index is 13.5. The Morgan fingerprint density at radius 2 is 1.59 bits per heavy atom. The van der Waals surface area contributed by atoms with E-state index in [2.05, 4.69) is 70.2 Å². The van der Waals surface area contributed by atoms with Crippen molar-refractivity contribution in [1.29, 1.82) is 0 Å². The fourth-order valence-corrected chi connectivity index (χ4v) is 5.05. The molecule has 0 saturated heterocycles. The van der Waals surface area contributed by atoms with Crippen molar-refractivity contribution in [2.75, 3.05) is 12.0 Å². The minimum atomic E-state index is -0.352. The number of hydrogen-bond donors (Lipinski definition) is 0. The van der Waals surface area contributed by atoms with Crippen LogP contribution in [0.2, 0.25) is 0 Å². The molecule has 1 aliphatic heterocycles. The van der Waals surface area contributed by atoms with Gasteiger partial charge in [0.05, 0.1) is 7.11 Å². The molecule has 0 spiro atoms. The summed E-state index contributed by atoms with van der Waals surface area (Å²) in [5.41, 5.74) is 5.14. The van der Waals surface area contributed by atoms with Crippen LogP contribution in [0.1, 0.15) is 49.4 Å². The summed E-state index contributed by atoms with van der Waals surface area (Å²) in [5, 5.41) is 0. The number of aryl methyl sites for hydroxylation is 1. The van der Waals surface area contributed by atoms with Crippen LogP contribution >= 0.6 is 0 Å². The summed E-state index contributed by atoms with van der Waals surface area (Å²) in [6, 6.07) is 24.8. The molecule has 1 atom stereocenters. The van der Waals surface area contributed by atoms with Gasteiger partial charge in [-0.15, -0.1) is 0 Å². The van der Waals surface area contributed by atoms with Gasteiger partial charge in [0, 0.05) is 22.7 Å². The number of carbonyl (C=O) groups excluding carboxylic acids is 1. The molecule has 0 fully saturated rings. The largest absolute Gasteiger partial charge is 0.497 e. The summed E-state index contributed by atoms with van der Waals surface area (Å²) in [5.74, 6) is 0.791. The van der Waals surface area contributed by atoms with E-state index in [1.165, 1.54) is 16.7 Å². The number of para-hydroxylation sites is 1. The van der Waals surface area contributed by atoms with Gasteiger partial charge < -0.3 is 9.64 Å². The van der Waals surface area contributed by atoms with Crippen LogP contribution in [-0.4, -0.2) is 18.6 Å². The van der Waals surface area contributed by atoms with Gasteiger partial charge >= 0.3 is 0 Å². The molecule has 0 aliphatic carbocycles. The Bertz CT molecular complexity index is 1140. The number of rotatable bonds is 4. The molecule has 1 aliphatic rings. The molecule has 1 heterocycles. The molecule has 1 unspecified atom stereocenters. The van der Waals surface area contributed by atoms with E-state index >= 15 is 0 Å². The molecule has 4 rings (SSSR count). The summed E-state index contributed by atoms with van der Waals surface area (Å²) < 4.78 is 5.22. The summed E-state index contributed by atoms with van der Waals surface area (Å²) >= 11 is 0. The molecule has 32 heavy (non-hydrogen) atoms. The first-order valence-electron chi connectivity index (χ1n) is 11.1. The highest BCUT2D eigenvalue weighted by Crippen LogP contribution is 2.50. The third-order valence-corrected chi connectivity index (χ3v) is 6.57. The Morgan fingerprint density at radius 3 is 2.25 bits per heavy atom. The predicted molar refractivity (Wildman–Crippen MR) is 132 cm³/mol. The number of anilines is 1. The van der Waals surface area contributed by atoms with Gasteiger partial charge in [0.1, 0.15) is 5.75 Å². The van der Waals surface area contributed by atoms with E-state index in [4.69, 9.17) is 4.74 Å². The lowest BCUT2D eigenvalue weighted by Gasteiger charge is -2.51. The lowest BCUT2D eigenvalue weighted by molar-refractivity contribution is -0.115. The molecule has 3 heteroatoms. The van der Waals surface area contributed by atoms with Crippen LogP contribution < -0.4 is 9.64 Å². The van der Waals surface area contributed by atoms with Crippen LogP contribution in [0, 0.1) is 6.92 Å². The van der Waals surface area contributed by atoms with Crippen molar-refractivity contribution in [3.8, 4) is 5.75 Å². The number of benzene rings is 3. The second-order valence-electron chi connectivity index (χ2n) is 9.48. The molecular formula is C29H31NO2. The highest BCUT2D eigenvalue weighted by molar-refractivity contribution is 6.06. The maximum Gasteiger partial charge on any atom is 0.251 e. The van der Waals surface area contributed by atoms with Crippen molar-refractivity contribution in [3.63, 3.8) is 0 Å². The highest BCUT2D eigenvalue weighted by Gasteiger charge is 2.47. The molecule has 164 valence electrons. The zero-order valence-electron chi connectivity index (χ0n) is 19.6. The second-order valence-corrected chi connectivity index (χ2v) is 9.48. The summed E-state index contributed by atoms with van der Waals surface area (Å²) in [4.78, 5) is 15.4. The zero-order valence-corrected chi connectivity index (χ0v) is 19.6. The first-order valence-corrected chi connectivity index (χ1v) is 11.1. The van der Waals surface area contributed by atoms with Gasteiger partial charge in [-0.25, -0.2) is 0 Å². The maximum atomic E-state index is 13.5. The topological polar surface area (TPSA) is 29.5 Å². The summed E-state index contributed by atoms with van der Waals surface area (Å²) in [6.45, 7) is 8.73. The van der Waals surface area contributed by atoms with Crippen LogP contribution in [0.15, 0.2) is 78.9 Å². The van der Waals surface area contributed by atoms with Gasteiger partial charge in [-0.1, -0.05) is 67.1 Å². The Balaban J connectivity index is 1.73. The molecule has 1 amide bonds. The molecule has 0 N–H and O–H groups in total. The van der Waals surface area contributed by atoms with Crippen molar-refractivity contribution >= 4 is 17.7 Å². The van der Waals surface area contributed by atoms with Crippen molar-refractivity contribution in [2.24, 2.45) is 0 Å². The van der Waals surface area contributed by atoms with Gasteiger partial charge in [0.25, 0.3) is 5.91 Å². The van der Waals surface area contributed by atoms with Gasteiger partial charge in [0.15, 0.2) is 0 Å². The molecule has 0 saturated carbocycles. The number of methoxy groups -OCH3 is 1. The Labute approximate surface area is 191 Å². The zero-order chi connectivity index (χ0) is 22.9. The van der Waals surface area contributed by atoms with Gasteiger partial charge in [-0.05, 0) is 68.2 Å². The monoisotopic (exact) mass is 425 g/mol. The highest BCUT2D eigenvalue weighted by atomic mass is 16.5. The van der Waals surface area contributed by atoms with Gasteiger partial charge in [0.2, 0.25) is 0 Å². The van der Waals surface area contributed by atoms with E-state index in [-0.39, 0.29) is 16.9 Å². The molecule has 0 bridgehead atoms. The Hall–Kier alpha value is -3.33. The van der Waals surface area contributed by atoms with E-state index in [0.717, 1.165) is 23.4 Å². The van der Waals surface area contributed by atoms with Crippen LogP contribution in [0.25, 0.3) is 6.08 Å². The Morgan fingerprint density at radius 1 is 0.938 bits per heavy atom. The number of amides is 1. The van der Waals surface area contributed by atoms with Crippen molar-refractivity contribution in [1.82, 2.24) is 0 Å². The molecular weight excluding hydrogens is 394 g/mol. The predicted octanol–water partition coefficient (Wildman–Crippen LogP) is 6.54. The van der Waals surface area contributed by atoms with Crippen molar-refractivity contribution in [3.05, 3.63) is 101 Å². The molecule has 3 aromatic carbocycles. The fourth-order valence-electron chi connectivity index (χ4n) is 5.05. The SMILES string of the molecule is COc1ccc(C=CC(=O)N2c3ccccc3C(C)(c3ccc(C)cc3)CC2(C)C)cc1. The molecule has 0 aromatic heterocycles. The number of ether oxygens (including phenoxy) is 1. The molecule has 3 aromatic rings. The first-order chi connectivity index (χ1) is 15.2. The van der Waals surface area contributed by atoms with E-state index in [9.17, 15) is 4.79 Å². The number of fused-ring (bicyclic) bond motifs is 1. The third-order valence-electron chi connectivity index (χ3n) is 6.57. The average molecular weight is 426 g/mol. The molecule has 0 radical (unpaired) electrons. The van der Waals surface area contributed by atoms with E-state index in [1.54, 1.807) is 13.2 Å². The minimum Gasteiger partial charge on any atom is -0.497 e.